The molecule has 0 saturated carbocycles. The van der Waals surface area contributed by atoms with Gasteiger partial charge in [0.15, 0.2) is 0 Å². The Morgan fingerprint density at radius 2 is 1.96 bits per heavy atom. The van der Waals surface area contributed by atoms with E-state index in [4.69, 9.17) is 16.3 Å². The van der Waals surface area contributed by atoms with Crippen LogP contribution in [0.4, 0.5) is 11.5 Å². The molecule has 0 radical (unpaired) electrons. The van der Waals surface area contributed by atoms with E-state index in [-0.39, 0.29) is 12.4 Å². The molecular formula is C18H19Cl2N3O. The quantitative estimate of drug-likeness (QED) is 0.613. The monoisotopic (exact) mass is 363 g/mol. The molecule has 2 heterocycles. The van der Waals surface area contributed by atoms with Crippen LogP contribution in [0.3, 0.4) is 0 Å². The Morgan fingerprint density at radius 3 is 2.75 bits per heavy atom. The molecular weight excluding hydrogens is 345 g/mol. The summed E-state index contributed by atoms with van der Waals surface area (Å²) in [6.07, 6.45) is 3.60. The standard InChI is InChI=1S/C18H18ClN3O.ClH/c1-13-17(23-10-8-19)7-9-20-18(13)22(2)15-11-14-5-3-4-6-16(14)21-12-15;/h3-7,9,11-12H,8,10H2,1-2H3;1H. The number of rotatable bonds is 5. The minimum atomic E-state index is 0. The lowest BCUT2D eigenvalue weighted by atomic mass is 10.2. The summed E-state index contributed by atoms with van der Waals surface area (Å²) in [5, 5.41) is 1.10. The van der Waals surface area contributed by atoms with Crippen molar-refractivity contribution in [3.05, 3.63) is 54.4 Å². The van der Waals surface area contributed by atoms with E-state index >= 15 is 0 Å². The first kappa shape index (κ1) is 18.3. The maximum absolute atomic E-state index is 5.70. The molecule has 6 heteroatoms. The van der Waals surface area contributed by atoms with Gasteiger partial charge in [-0.15, -0.1) is 24.0 Å². The normalized spacial score (nSPS) is 10.3. The van der Waals surface area contributed by atoms with Gasteiger partial charge in [-0.3, -0.25) is 4.98 Å². The van der Waals surface area contributed by atoms with Crippen LogP contribution in [0, 0.1) is 6.92 Å². The highest BCUT2D eigenvalue weighted by Gasteiger charge is 2.13. The summed E-state index contributed by atoms with van der Waals surface area (Å²) in [7, 11) is 1.98. The minimum Gasteiger partial charge on any atom is -0.492 e. The van der Waals surface area contributed by atoms with Crippen molar-refractivity contribution >= 4 is 46.4 Å². The minimum absolute atomic E-state index is 0. The molecule has 0 amide bonds. The summed E-state index contributed by atoms with van der Waals surface area (Å²) < 4.78 is 5.67. The number of para-hydroxylation sites is 1. The van der Waals surface area contributed by atoms with Gasteiger partial charge in [0.25, 0.3) is 0 Å². The van der Waals surface area contributed by atoms with Crippen LogP contribution in [0.2, 0.25) is 0 Å². The zero-order valence-electron chi connectivity index (χ0n) is 13.6. The van der Waals surface area contributed by atoms with Crippen LogP contribution in [0.25, 0.3) is 10.9 Å². The molecule has 3 rings (SSSR count). The van der Waals surface area contributed by atoms with Gasteiger partial charge in [0.2, 0.25) is 0 Å². The molecule has 3 aromatic rings. The summed E-state index contributed by atoms with van der Waals surface area (Å²) >= 11 is 5.70. The summed E-state index contributed by atoms with van der Waals surface area (Å²) in [6.45, 7) is 2.48. The van der Waals surface area contributed by atoms with Crippen molar-refractivity contribution in [2.24, 2.45) is 0 Å². The second-order valence-corrected chi connectivity index (χ2v) is 5.62. The fourth-order valence-corrected chi connectivity index (χ4v) is 2.59. The Morgan fingerprint density at radius 1 is 1.17 bits per heavy atom. The highest BCUT2D eigenvalue weighted by Crippen LogP contribution is 2.30. The maximum Gasteiger partial charge on any atom is 0.139 e. The van der Waals surface area contributed by atoms with E-state index in [1.54, 1.807) is 6.20 Å². The number of anilines is 2. The van der Waals surface area contributed by atoms with Crippen molar-refractivity contribution < 1.29 is 4.74 Å². The van der Waals surface area contributed by atoms with E-state index < -0.39 is 0 Å². The zero-order chi connectivity index (χ0) is 16.2. The molecule has 0 spiro atoms. The molecule has 0 N–H and O–H groups in total. The van der Waals surface area contributed by atoms with Gasteiger partial charge in [-0.25, -0.2) is 4.98 Å². The molecule has 0 bridgehead atoms. The summed E-state index contributed by atoms with van der Waals surface area (Å²) in [5.41, 5.74) is 2.94. The van der Waals surface area contributed by atoms with Gasteiger partial charge in [0.05, 0.1) is 23.3 Å². The summed E-state index contributed by atoms with van der Waals surface area (Å²) in [6, 6.07) is 12.0. The first-order valence-electron chi connectivity index (χ1n) is 7.43. The largest absolute Gasteiger partial charge is 0.492 e. The number of benzene rings is 1. The molecule has 0 unspecified atom stereocenters. The molecule has 0 fully saturated rings. The van der Waals surface area contributed by atoms with E-state index in [0.717, 1.165) is 33.7 Å². The molecule has 24 heavy (non-hydrogen) atoms. The number of aromatic nitrogens is 2. The Kier molecular flexibility index (Phi) is 6.23. The zero-order valence-corrected chi connectivity index (χ0v) is 15.1. The van der Waals surface area contributed by atoms with Crippen LogP contribution in [-0.4, -0.2) is 29.5 Å². The van der Waals surface area contributed by atoms with Crippen molar-refractivity contribution in [1.29, 1.82) is 0 Å². The fraction of sp³-hybridized carbons (Fsp3) is 0.222. The van der Waals surface area contributed by atoms with Gasteiger partial charge in [-0.1, -0.05) is 18.2 Å². The molecule has 126 valence electrons. The van der Waals surface area contributed by atoms with E-state index in [9.17, 15) is 0 Å². The number of ether oxygens (including phenoxy) is 1. The number of nitrogens with zero attached hydrogens (tertiary/aromatic N) is 3. The molecule has 0 aliphatic rings. The van der Waals surface area contributed by atoms with Gasteiger partial charge in [-0.2, -0.15) is 0 Å². The van der Waals surface area contributed by atoms with Crippen LogP contribution in [0.1, 0.15) is 5.56 Å². The van der Waals surface area contributed by atoms with Gasteiger partial charge >= 0.3 is 0 Å². The molecule has 0 atom stereocenters. The Balaban J connectivity index is 0.00000208. The third-order valence-electron chi connectivity index (χ3n) is 3.74. The third-order valence-corrected chi connectivity index (χ3v) is 3.90. The SMILES string of the molecule is Cc1c(OCCCl)ccnc1N(C)c1cnc2ccccc2c1.Cl. The number of fused-ring (bicyclic) bond motifs is 1. The molecule has 2 aromatic heterocycles. The average molecular weight is 364 g/mol. The predicted molar refractivity (Wildman–Crippen MR) is 102 cm³/mol. The molecule has 1 aromatic carbocycles. The summed E-state index contributed by atoms with van der Waals surface area (Å²) in [4.78, 5) is 11.0. The van der Waals surface area contributed by atoms with Crippen LogP contribution in [0.5, 0.6) is 5.75 Å². The summed E-state index contributed by atoms with van der Waals surface area (Å²) in [5.74, 6) is 2.10. The number of hydrogen-bond acceptors (Lipinski definition) is 4. The lowest BCUT2D eigenvalue weighted by Gasteiger charge is -2.21. The lowest BCUT2D eigenvalue weighted by molar-refractivity contribution is 0.340. The van der Waals surface area contributed by atoms with Gasteiger partial charge in [0.1, 0.15) is 18.2 Å². The van der Waals surface area contributed by atoms with Crippen LogP contribution < -0.4 is 9.64 Å². The van der Waals surface area contributed by atoms with Crippen molar-refractivity contribution in [3.63, 3.8) is 0 Å². The first-order chi connectivity index (χ1) is 11.2. The van der Waals surface area contributed by atoms with Crippen molar-refractivity contribution in [2.45, 2.75) is 6.92 Å². The molecule has 4 nitrogen and oxygen atoms in total. The van der Waals surface area contributed by atoms with Crippen molar-refractivity contribution in [3.8, 4) is 5.75 Å². The lowest BCUT2D eigenvalue weighted by Crippen LogP contribution is -2.14. The molecule has 0 saturated heterocycles. The second kappa shape index (κ2) is 8.18. The van der Waals surface area contributed by atoms with Gasteiger partial charge < -0.3 is 9.64 Å². The smallest absolute Gasteiger partial charge is 0.139 e. The Labute approximate surface area is 152 Å². The number of pyridine rings is 2. The first-order valence-corrected chi connectivity index (χ1v) is 7.97. The van der Waals surface area contributed by atoms with E-state index in [0.29, 0.717) is 12.5 Å². The Hall–Kier alpha value is -2.04. The Bertz CT molecular complexity index is 826. The van der Waals surface area contributed by atoms with Crippen molar-refractivity contribution in [1.82, 2.24) is 9.97 Å². The number of alkyl halides is 1. The molecule has 0 aliphatic heterocycles. The molecule has 0 aliphatic carbocycles. The average Bonchev–Trinajstić information content (AvgIpc) is 2.60. The van der Waals surface area contributed by atoms with Gasteiger partial charge in [0, 0.05) is 24.2 Å². The highest BCUT2D eigenvalue weighted by atomic mass is 35.5. The third kappa shape index (κ3) is 3.71. The predicted octanol–water partition coefficient (Wildman–Crippen LogP) is 4.75. The van der Waals surface area contributed by atoms with Crippen LogP contribution in [-0.2, 0) is 0 Å². The number of halogens is 2. The topological polar surface area (TPSA) is 38.2 Å². The van der Waals surface area contributed by atoms with E-state index in [2.05, 4.69) is 22.1 Å². The maximum atomic E-state index is 5.70. The van der Waals surface area contributed by atoms with E-state index in [1.807, 2.05) is 49.3 Å². The highest BCUT2D eigenvalue weighted by molar-refractivity contribution is 6.18. The number of hydrogen-bond donors (Lipinski definition) is 0. The van der Waals surface area contributed by atoms with Crippen molar-refractivity contribution in [2.75, 3.05) is 24.4 Å². The second-order valence-electron chi connectivity index (χ2n) is 5.24. The fourth-order valence-electron chi connectivity index (χ4n) is 2.52. The van der Waals surface area contributed by atoms with Crippen LogP contribution >= 0.6 is 24.0 Å². The van der Waals surface area contributed by atoms with Gasteiger partial charge in [-0.05, 0) is 25.1 Å². The van der Waals surface area contributed by atoms with E-state index in [1.165, 1.54) is 0 Å². The van der Waals surface area contributed by atoms with Crippen LogP contribution in [0.15, 0.2) is 48.8 Å².